The number of likely N-dealkylation sites (N-methyl/N-ethyl adjacent to an activating group) is 1. The molecule has 0 N–H and O–H groups in total. The summed E-state index contributed by atoms with van der Waals surface area (Å²) in [5.41, 5.74) is 0. The van der Waals surface area contributed by atoms with E-state index in [4.69, 9.17) is 0 Å². The molecule has 1 aliphatic heterocycles. The molecule has 3 unspecified atom stereocenters. The van der Waals surface area contributed by atoms with Crippen LogP contribution in [0.15, 0.2) is 0 Å². The van der Waals surface area contributed by atoms with Gasteiger partial charge in [0.2, 0.25) is 0 Å². The molecular weight excluding hydrogens is 162 g/mol. The topological polar surface area (TPSA) is 20.3 Å². The molecule has 2 nitrogen and oxygen atoms in total. The first kappa shape index (κ1) is 10.7. The number of ketones is 1. The predicted molar refractivity (Wildman–Crippen MR) is 54.7 cm³/mol. The Balaban J connectivity index is 2.71. The van der Waals surface area contributed by atoms with Gasteiger partial charge in [-0.2, -0.15) is 0 Å². The van der Waals surface area contributed by atoms with Crippen molar-refractivity contribution in [1.29, 1.82) is 0 Å². The van der Waals surface area contributed by atoms with Crippen LogP contribution in [0, 0.1) is 11.8 Å². The van der Waals surface area contributed by atoms with Crippen molar-refractivity contribution in [2.75, 3.05) is 13.6 Å². The van der Waals surface area contributed by atoms with Crippen LogP contribution in [0.3, 0.4) is 0 Å². The highest BCUT2D eigenvalue weighted by Crippen LogP contribution is 2.32. The van der Waals surface area contributed by atoms with E-state index >= 15 is 0 Å². The Labute approximate surface area is 81.3 Å². The maximum Gasteiger partial charge on any atom is 0.147 e. The summed E-state index contributed by atoms with van der Waals surface area (Å²) in [4.78, 5) is 13.7. The molecule has 0 amide bonds. The quantitative estimate of drug-likeness (QED) is 0.666. The van der Waals surface area contributed by atoms with E-state index in [9.17, 15) is 4.79 Å². The molecule has 3 atom stereocenters. The molecule has 0 spiro atoms. The van der Waals surface area contributed by atoms with Gasteiger partial charge >= 0.3 is 0 Å². The van der Waals surface area contributed by atoms with Crippen LogP contribution in [-0.4, -0.2) is 30.3 Å². The van der Waals surface area contributed by atoms with E-state index in [0.717, 1.165) is 6.54 Å². The lowest BCUT2D eigenvalue weighted by Gasteiger charge is -2.22. The molecule has 0 radical (unpaired) electrons. The summed E-state index contributed by atoms with van der Waals surface area (Å²) in [6.45, 7) is 7.26. The molecule has 1 fully saturated rings. The van der Waals surface area contributed by atoms with Gasteiger partial charge in [-0.3, -0.25) is 9.69 Å². The second kappa shape index (κ2) is 4.23. The van der Waals surface area contributed by atoms with Crippen molar-refractivity contribution in [3.63, 3.8) is 0 Å². The van der Waals surface area contributed by atoms with Crippen molar-refractivity contribution in [3.05, 3.63) is 0 Å². The summed E-state index contributed by atoms with van der Waals surface area (Å²) in [5, 5.41) is 0. The fraction of sp³-hybridized carbons (Fsp3) is 0.909. The first-order chi connectivity index (χ1) is 6.07. The third-order valence-corrected chi connectivity index (χ3v) is 3.23. The first-order valence-corrected chi connectivity index (χ1v) is 5.28. The number of Topliss-reactive ketones (excluding diaryl/α,β-unsaturated/α-hetero) is 1. The summed E-state index contributed by atoms with van der Waals surface area (Å²) in [7, 11) is 2.07. The Kier molecular flexibility index (Phi) is 3.48. The normalized spacial score (nSPS) is 35.2. The fourth-order valence-electron chi connectivity index (χ4n) is 2.73. The van der Waals surface area contributed by atoms with E-state index in [0.29, 0.717) is 17.6 Å². The molecular formula is C11H21NO. The van der Waals surface area contributed by atoms with Crippen molar-refractivity contribution < 1.29 is 4.79 Å². The van der Waals surface area contributed by atoms with Gasteiger partial charge in [-0.15, -0.1) is 0 Å². The largest absolute Gasteiger partial charge is 0.298 e. The summed E-state index contributed by atoms with van der Waals surface area (Å²) in [5.74, 6) is 1.61. The molecule has 0 aliphatic carbocycles. The van der Waals surface area contributed by atoms with Gasteiger partial charge in [0.1, 0.15) is 5.78 Å². The second-order valence-corrected chi connectivity index (χ2v) is 4.42. The zero-order valence-electron chi connectivity index (χ0n) is 9.21. The van der Waals surface area contributed by atoms with Crippen LogP contribution in [0.2, 0.25) is 0 Å². The van der Waals surface area contributed by atoms with Crippen molar-refractivity contribution in [1.82, 2.24) is 4.90 Å². The Bertz CT molecular complexity index is 191. The third-order valence-electron chi connectivity index (χ3n) is 3.23. The maximum atomic E-state index is 11.4. The molecule has 0 aromatic heterocycles. The SMILES string of the molecule is CCCC1C(C)CN(C)C1C(C)=O. The van der Waals surface area contributed by atoms with Crippen molar-refractivity contribution in [3.8, 4) is 0 Å². The molecule has 0 saturated carbocycles. The third kappa shape index (κ3) is 2.11. The second-order valence-electron chi connectivity index (χ2n) is 4.42. The predicted octanol–water partition coefficient (Wildman–Crippen LogP) is 1.94. The van der Waals surface area contributed by atoms with Gasteiger partial charge in [-0.25, -0.2) is 0 Å². The van der Waals surface area contributed by atoms with Gasteiger partial charge in [0.25, 0.3) is 0 Å². The van der Waals surface area contributed by atoms with Crippen molar-refractivity contribution in [2.24, 2.45) is 11.8 Å². The van der Waals surface area contributed by atoms with Gasteiger partial charge in [0, 0.05) is 6.54 Å². The van der Waals surface area contributed by atoms with Crippen LogP contribution in [-0.2, 0) is 4.79 Å². The molecule has 1 saturated heterocycles. The number of hydrogen-bond donors (Lipinski definition) is 0. The Hall–Kier alpha value is -0.370. The zero-order chi connectivity index (χ0) is 10.0. The highest BCUT2D eigenvalue weighted by atomic mass is 16.1. The average Bonchev–Trinajstić information content (AvgIpc) is 2.27. The Morgan fingerprint density at radius 2 is 2.15 bits per heavy atom. The van der Waals surface area contributed by atoms with Crippen molar-refractivity contribution in [2.45, 2.75) is 39.7 Å². The van der Waals surface area contributed by atoms with E-state index < -0.39 is 0 Å². The number of likely N-dealkylation sites (tertiary alicyclic amines) is 1. The first-order valence-electron chi connectivity index (χ1n) is 5.28. The van der Waals surface area contributed by atoms with Gasteiger partial charge < -0.3 is 0 Å². The highest BCUT2D eigenvalue weighted by Gasteiger charge is 2.39. The van der Waals surface area contributed by atoms with Gasteiger partial charge in [0.15, 0.2) is 0 Å². The summed E-state index contributed by atoms with van der Waals surface area (Å²) < 4.78 is 0. The van der Waals surface area contributed by atoms with Gasteiger partial charge in [0.05, 0.1) is 6.04 Å². The van der Waals surface area contributed by atoms with Crippen LogP contribution < -0.4 is 0 Å². The lowest BCUT2D eigenvalue weighted by Crippen LogP contribution is -2.35. The minimum Gasteiger partial charge on any atom is -0.298 e. The van der Waals surface area contributed by atoms with E-state index in [1.54, 1.807) is 6.92 Å². The van der Waals surface area contributed by atoms with E-state index in [1.807, 2.05) is 0 Å². The Morgan fingerprint density at radius 1 is 1.54 bits per heavy atom. The number of rotatable bonds is 3. The average molecular weight is 183 g/mol. The zero-order valence-corrected chi connectivity index (χ0v) is 9.21. The summed E-state index contributed by atoms with van der Waals surface area (Å²) >= 11 is 0. The van der Waals surface area contributed by atoms with Crippen molar-refractivity contribution >= 4 is 5.78 Å². The number of hydrogen-bond acceptors (Lipinski definition) is 2. The molecule has 1 aliphatic rings. The molecule has 1 heterocycles. The minimum atomic E-state index is 0.190. The van der Waals surface area contributed by atoms with Crippen LogP contribution >= 0.6 is 0 Å². The van der Waals surface area contributed by atoms with Crippen LogP contribution in [0.25, 0.3) is 0 Å². The van der Waals surface area contributed by atoms with Crippen LogP contribution in [0.5, 0.6) is 0 Å². The van der Waals surface area contributed by atoms with E-state index in [-0.39, 0.29) is 6.04 Å². The molecule has 76 valence electrons. The van der Waals surface area contributed by atoms with Gasteiger partial charge in [-0.05, 0) is 32.2 Å². The summed E-state index contributed by atoms with van der Waals surface area (Å²) in [6, 6.07) is 0.190. The maximum absolute atomic E-state index is 11.4. The lowest BCUT2D eigenvalue weighted by atomic mass is 9.86. The number of carbonyl (C=O) groups is 1. The van der Waals surface area contributed by atoms with E-state index in [2.05, 4.69) is 25.8 Å². The number of carbonyl (C=O) groups excluding carboxylic acids is 1. The lowest BCUT2D eigenvalue weighted by molar-refractivity contribution is -0.122. The molecule has 13 heavy (non-hydrogen) atoms. The monoisotopic (exact) mass is 183 g/mol. The number of nitrogens with zero attached hydrogens (tertiary/aromatic N) is 1. The minimum absolute atomic E-state index is 0.190. The molecule has 0 bridgehead atoms. The highest BCUT2D eigenvalue weighted by molar-refractivity contribution is 5.82. The molecule has 2 heteroatoms. The standard InChI is InChI=1S/C11H21NO/c1-5-6-10-8(2)7-12(4)11(10)9(3)13/h8,10-11H,5-7H2,1-4H3. The smallest absolute Gasteiger partial charge is 0.147 e. The molecule has 0 aromatic carbocycles. The molecule has 0 aromatic rings. The van der Waals surface area contributed by atoms with Crippen LogP contribution in [0.1, 0.15) is 33.6 Å². The van der Waals surface area contributed by atoms with E-state index in [1.165, 1.54) is 12.8 Å². The Morgan fingerprint density at radius 3 is 2.62 bits per heavy atom. The summed E-state index contributed by atoms with van der Waals surface area (Å²) in [6.07, 6.45) is 2.38. The fourth-order valence-corrected chi connectivity index (χ4v) is 2.73. The van der Waals surface area contributed by atoms with Crippen LogP contribution in [0.4, 0.5) is 0 Å². The molecule has 1 rings (SSSR count). The van der Waals surface area contributed by atoms with Gasteiger partial charge in [-0.1, -0.05) is 20.3 Å².